The van der Waals surface area contributed by atoms with Crippen molar-refractivity contribution in [2.45, 2.75) is 39.2 Å². The molecular weight excluding hydrogens is 280 g/mol. The Bertz CT molecular complexity index is 559. The summed E-state index contributed by atoms with van der Waals surface area (Å²) in [4.78, 5) is 0. The fraction of sp³-hybridized carbons (Fsp3) is 0.429. The Kier molecular flexibility index (Phi) is 4.32. The third-order valence-electron chi connectivity index (χ3n) is 2.74. The third-order valence-corrected chi connectivity index (χ3v) is 4.05. The Labute approximate surface area is 121 Å². The minimum Gasteiger partial charge on any atom is -0.356 e. The second kappa shape index (κ2) is 5.83. The fourth-order valence-corrected chi connectivity index (χ4v) is 2.35. The SMILES string of the molecule is CC(C)(C)c1nnc(NCc2ccc(C(F)F)cc2)s1. The molecule has 3 nitrogen and oxygen atoms in total. The summed E-state index contributed by atoms with van der Waals surface area (Å²) in [5, 5.41) is 13.1. The van der Waals surface area contributed by atoms with E-state index in [4.69, 9.17) is 0 Å². The fourth-order valence-electron chi connectivity index (χ4n) is 1.56. The summed E-state index contributed by atoms with van der Waals surface area (Å²) in [7, 11) is 0. The predicted molar refractivity (Wildman–Crippen MR) is 77.3 cm³/mol. The van der Waals surface area contributed by atoms with E-state index in [1.54, 1.807) is 12.1 Å². The molecule has 1 heterocycles. The van der Waals surface area contributed by atoms with E-state index in [0.717, 1.165) is 15.7 Å². The van der Waals surface area contributed by atoms with Crippen LogP contribution >= 0.6 is 11.3 Å². The van der Waals surface area contributed by atoms with Crippen LogP contribution in [-0.4, -0.2) is 10.2 Å². The molecule has 0 radical (unpaired) electrons. The van der Waals surface area contributed by atoms with Crippen LogP contribution < -0.4 is 5.32 Å². The van der Waals surface area contributed by atoms with E-state index in [-0.39, 0.29) is 11.0 Å². The van der Waals surface area contributed by atoms with Crippen molar-refractivity contribution in [3.8, 4) is 0 Å². The van der Waals surface area contributed by atoms with Crippen molar-refractivity contribution in [3.05, 3.63) is 40.4 Å². The van der Waals surface area contributed by atoms with Crippen LogP contribution in [0.5, 0.6) is 0 Å². The highest BCUT2D eigenvalue weighted by molar-refractivity contribution is 7.15. The number of hydrogen-bond acceptors (Lipinski definition) is 4. The summed E-state index contributed by atoms with van der Waals surface area (Å²) in [6, 6.07) is 6.28. The van der Waals surface area contributed by atoms with Gasteiger partial charge in [0.1, 0.15) is 5.01 Å². The molecule has 1 aromatic heterocycles. The summed E-state index contributed by atoms with van der Waals surface area (Å²) in [6.07, 6.45) is -2.42. The minimum atomic E-state index is -2.42. The number of rotatable bonds is 4. The van der Waals surface area contributed by atoms with Gasteiger partial charge in [0, 0.05) is 17.5 Å². The van der Waals surface area contributed by atoms with Crippen molar-refractivity contribution in [3.63, 3.8) is 0 Å². The van der Waals surface area contributed by atoms with Gasteiger partial charge in [0.15, 0.2) is 0 Å². The number of nitrogens with one attached hydrogen (secondary N) is 1. The zero-order chi connectivity index (χ0) is 14.8. The van der Waals surface area contributed by atoms with Crippen molar-refractivity contribution < 1.29 is 8.78 Å². The maximum absolute atomic E-state index is 12.4. The standard InChI is InChI=1S/C14H17F2N3S/c1-14(2,3)12-18-19-13(20-12)17-8-9-4-6-10(7-5-9)11(15)16/h4-7,11H,8H2,1-3H3,(H,17,19). The lowest BCUT2D eigenvalue weighted by molar-refractivity contribution is 0.151. The van der Waals surface area contributed by atoms with Gasteiger partial charge >= 0.3 is 0 Å². The number of benzene rings is 1. The van der Waals surface area contributed by atoms with Gasteiger partial charge in [0.25, 0.3) is 6.43 Å². The van der Waals surface area contributed by atoms with Crippen molar-refractivity contribution >= 4 is 16.5 Å². The molecule has 108 valence electrons. The summed E-state index contributed by atoms with van der Waals surface area (Å²) in [5.74, 6) is 0. The van der Waals surface area contributed by atoms with E-state index in [9.17, 15) is 8.78 Å². The van der Waals surface area contributed by atoms with Crippen molar-refractivity contribution in [2.75, 3.05) is 5.32 Å². The first-order valence-electron chi connectivity index (χ1n) is 6.31. The first-order valence-corrected chi connectivity index (χ1v) is 7.13. The van der Waals surface area contributed by atoms with Crippen molar-refractivity contribution in [2.24, 2.45) is 0 Å². The zero-order valence-corrected chi connectivity index (χ0v) is 12.5. The maximum Gasteiger partial charge on any atom is 0.263 e. The van der Waals surface area contributed by atoms with E-state index in [2.05, 4.69) is 36.3 Å². The van der Waals surface area contributed by atoms with Gasteiger partial charge in [-0.3, -0.25) is 0 Å². The lowest BCUT2D eigenvalue weighted by Gasteiger charge is -2.12. The number of halogens is 2. The quantitative estimate of drug-likeness (QED) is 0.909. The Hall–Kier alpha value is -1.56. The van der Waals surface area contributed by atoms with E-state index in [1.165, 1.54) is 23.5 Å². The van der Waals surface area contributed by atoms with Crippen LogP contribution in [-0.2, 0) is 12.0 Å². The smallest absolute Gasteiger partial charge is 0.263 e. The van der Waals surface area contributed by atoms with E-state index >= 15 is 0 Å². The molecule has 1 aromatic carbocycles. The molecule has 0 saturated carbocycles. The Balaban J connectivity index is 1.96. The molecule has 0 aliphatic carbocycles. The van der Waals surface area contributed by atoms with Crippen LogP contribution in [0.2, 0.25) is 0 Å². The molecule has 0 fully saturated rings. The molecule has 2 rings (SSSR count). The number of nitrogens with zero attached hydrogens (tertiary/aromatic N) is 2. The highest BCUT2D eigenvalue weighted by atomic mass is 32.1. The average molecular weight is 297 g/mol. The molecule has 6 heteroatoms. The number of hydrogen-bond donors (Lipinski definition) is 1. The molecule has 0 bridgehead atoms. The van der Waals surface area contributed by atoms with Gasteiger partial charge in [-0.05, 0) is 5.56 Å². The van der Waals surface area contributed by atoms with E-state index in [1.807, 2.05) is 0 Å². The average Bonchev–Trinajstić information content (AvgIpc) is 2.85. The number of alkyl halides is 2. The third kappa shape index (κ3) is 3.72. The number of aromatic nitrogens is 2. The summed E-state index contributed by atoms with van der Waals surface area (Å²) < 4.78 is 24.9. The Morgan fingerprint density at radius 3 is 2.30 bits per heavy atom. The lowest BCUT2D eigenvalue weighted by Crippen LogP contribution is -2.10. The van der Waals surface area contributed by atoms with Gasteiger partial charge in [-0.15, -0.1) is 10.2 Å². The van der Waals surface area contributed by atoms with Crippen LogP contribution in [0.3, 0.4) is 0 Å². The molecule has 0 saturated heterocycles. The van der Waals surface area contributed by atoms with Gasteiger partial charge in [0.2, 0.25) is 5.13 Å². The monoisotopic (exact) mass is 297 g/mol. The van der Waals surface area contributed by atoms with E-state index < -0.39 is 6.43 Å². The van der Waals surface area contributed by atoms with Crippen LogP contribution in [0.15, 0.2) is 24.3 Å². The zero-order valence-electron chi connectivity index (χ0n) is 11.7. The minimum absolute atomic E-state index is 0.0174. The van der Waals surface area contributed by atoms with Gasteiger partial charge < -0.3 is 5.32 Å². The summed E-state index contributed by atoms with van der Waals surface area (Å²) >= 11 is 1.51. The molecule has 0 amide bonds. The lowest BCUT2D eigenvalue weighted by atomic mass is 9.98. The van der Waals surface area contributed by atoms with Crippen LogP contribution in [0, 0.1) is 0 Å². The molecule has 0 spiro atoms. The van der Waals surface area contributed by atoms with Crippen molar-refractivity contribution in [1.82, 2.24) is 10.2 Å². The van der Waals surface area contributed by atoms with E-state index in [0.29, 0.717) is 6.54 Å². The molecule has 1 N–H and O–H groups in total. The van der Waals surface area contributed by atoms with Crippen molar-refractivity contribution in [1.29, 1.82) is 0 Å². The normalized spacial score (nSPS) is 11.9. The van der Waals surface area contributed by atoms with Crippen LogP contribution in [0.1, 0.15) is 43.3 Å². The molecule has 20 heavy (non-hydrogen) atoms. The highest BCUT2D eigenvalue weighted by Crippen LogP contribution is 2.28. The summed E-state index contributed by atoms with van der Waals surface area (Å²) in [6.45, 7) is 6.80. The Morgan fingerprint density at radius 1 is 1.15 bits per heavy atom. The molecule has 0 atom stereocenters. The van der Waals surface area contributed by atoms with Gasteiger partial charge in [-0.2, -0.15) is 0 Å². The topological polar surface area (TPSA) is 37.8 Å². The van der Waals surface area contributed by atoms with Gasteiger partial charge in [0.05, 0.1) is 0 Å². The first-order chi connectivity index (χ1) is 9.36. The molecule has 0 aliphatic heterocycles. The van der Waals surface area contributed by atoms with Crippen LogP contribution in [0.25, 0.3) is 0 Å². The molecular formula is C14H17F2N3S. The first kappa shape index (κ1) is 14.8. The van der Waals surface area contributed by atoms with Crippen LogP contribution in [0.4, 0.5) is 13.9 Å². The predicted octanol–water partition coefficient (Wildman–Crippen LogP) is 4.39. The molecule has 2 aromatic rings. The molecule has 0 aliphatic rings. The van der Waals surface area contributed by atoms with Gasteiger partial charge in [-0.25, -0.2) is 8.78 Å². The Morgan fingerprint density at radius 2 is 1.80 bits per heavy atom. The summed E-state index contributed by atoms with van der Waals surface area (Å²) in [5.41, 5.74) is 0.956. The molecule has 0 unspecified atom stereocenters. The number of anilines is 1. The van der Waals surface area contributed by atoms with Gasteiger partial charge in [-0.1, -0.05) is 56.4 Å². The second-order valence-electron chi connectivity index (χ2n) is 5.56. The second-order valence-corrected chi connectivity index (χ2v) is 6.54. The maximum atomic E-state index is 12.4. The largest absolute Gasteiger partial charge is 0.356 e. The highest BCUT2D eigenvalue weighted by Gasteiger charge is 2.19.